The minimum Gasteiger partial charge on any atom is -0.478 e. The number of likely N-dealkylation sites (N-methyl/N-ethyl adjacent to an activating group) is 1. The van der Waals surface area contributed by atoms with Crippen molar-refractivity contribution >= 4 is 22.9 Å². The van der Waals surface area contributed by atoms with Gasteiger partial charge in [-0.2, -0.15) is 0 Å². The monoisotopic (exact) mass is 341 g/mol. The summed E-state index contributed by atoms with van der Waals surface area (Å²) in [4.78, 5) is 15.8. The van der Waals surface area contributed by atoms with Crippen LogP contribution in [0.3, 0.4) is 0 Å². The second-order valence-corrected chi connectivity index (χ2v) is 6.84. The molecule has 0 bridgehead atoms. The van der Waals surface area contributed by atoms with E-state index >= 15 is 0 Å². The van der Waals surface area contributed by atoms with Crippen molar-refractivity contribution in [1.29, 1.82) is 0 Å². The minimum atomic E-state index is -0.911. The van der Waals surface area contributed by atoms with Gasteiger partial charge in [-0.3, -0.25) is 0 Å². The molecule has 1 aromatic heterocycles. The second-order valence-electron chi connectivity index (χ2n) is 6.84. The molecule has 1 aromatic carbocycles. The Labute approximate surface area is 149 Å². The Kier molecular flexibility index (Phi) is 5.56. The Bertz CT molecular complexity index is 771. The van der Waals surface area contributed by atoms with Gasteiger partial charge in [0, 0.05) is 61.0 Å². The van der Waals surface area contributed by atoms with Crippen molar-refractivity contribution in [2.75, 3.05) is 39.8 Å². The van der Waals surface area contributed by atoms with Gasteiger partial charge in [0.2, 0.25) is 0 Å². The second kappa shape index (κ2) is 7.85. The van der Waals surface area contributed by atoms with Gasteiger partial charge < -0.3 is 19.5 Å². The molecule has 0 atom stereocenters. The lowest BCUT2D eigenvalue weighted by molar-refractivity contribution is -0.131. The Hall–Kier alpha value is -2.11. The van der Waals surface area contributed by atoms with Gasteiger partial charge in [0.05, 0.1) is 0 Å². The number of hydrogen-bond donors (Lipinski definition) is 1. The van der Waals surface area contributed by atoms with E-state index in [0.29, 0.717) is 0 Å². The first-order chi connectivity index (χ1) is 12.1. The van der Waals surface area contributed by atoms with Crippen LogP contribution in [0.2, 0.25) is 0 Å². The normalized spacial score (nSPS) is 16.9. The molecule has 1 N–H and O–H groups in total. The van der Waals surface area contributed by atoms with Crippen LogP contribution in [0.5, 0.6) is 0 Å². The van der Waals surface area contributed by atoms with Gasteiger partial charge in [0.15, 0.2) is 0 Å². The molecule has 3 rings (SSSR count). The minimum absolute atomic E-state index is 0.911. The molecule has 2 aromatic rings. The molecule has 0 amide bonds. The van der Waals surface area contributed by atoms with E-state index in [0.717, 1.165) is 62.3 Å². The topological polar surface area (TPSA) is 48.7 Å². The van der Waals surface area contributed by atoms with Crippen LogP contribution < -0.4 is 0 Å². The van der Waals surface area contributed by atoms with Crippen molar-refractivity contribution in [3.05, 3.63) is 41.6 Å². The lowest BCUT2D eigenvalue weighted by atomic mass is 10.1. The maximum atomic E-state index is 10.9. The number of nitrogens with zero attached hydrogens (tertiary/aromatic N) is 3. The van der Waals surface area contributed by atoms with Crippen LogP contribution >= 0.6 is 0 Å². The Morgan fingerprint density at radius 2 is 1.88 bits per heavy atom. The molecule has 25 heavy (non-hydrogen) atoms. The number of benzene rings is 1. The van der Waals surface area contributed by atoms with Crippen molar-refractivity contribution < 1.29 is 9.90 Å². The van der Waals surface area contributed by atoms with Crippen LogP contribution in [0.25, 0.3) is 17.0 Å². The van der Waals surface area contributed by atoms with Crippen LogP contribution in [0.15, 0.2) is 30.3 Å². The molecular weight excluding hydrogens is 314 g/mol. The lowest BCUT2D eigenvalue weighted by Gasteiger charge is -2.32. The van der Waals surface area contributed by atoms with Crippen molar-refractivity contribution in [2.45, 2.75) is 19.9 Å². The fourth-order valence-corrected chi connectivity index (χ4v) is 3.63. The van der Waals surface area contributed by atoms with E-state index in [9.17, 15) is 4.79 Å². The van der Waals surface area contributed by atoms with E-state index < -0.39 is 5.97 Å². The van der Waals surface area contributed by atoms with Gasteiger partial charge in [-0.05, 0) is 39.1 Å². The molecule has 5 nitrogen and oxygen atoms in total. The molecule has 1 aliphatic heterocycles. The Morgan fingerprint density at radius 1 is 1.16 bits per heavy atom. The summed E-state index contributed by atoms with van der Waals surface area (Å²) >= 11 is 0. The van der Waals surface area contributed by atoms with Crippen LogP contribution in [0.4, 0.5) is 0 Å². The number of fused-ring (bicyclic) bond motifs is 1. The highest BCUT2D eigenvalue weighted by Gasteiger charge is 2.15. The number of rotatable bonds is 6. The smallest absolute Gasteiger partial charge is 0.328 e. The molecule has 0 aliphatic carbocycles. The fraction of sp³-hybridized carbons (Fsp3) is 0.450. The van der Waals surface area contributed by atoms with Crippen LogP contribution in [-0.4, -0.2) is 65.2 Å². The summed E-state index contributed by atoms with van der Waals surface area (Å²) in [5.41, 5.74) is 3.33. The van der Waals surface area contributed by atoms with Crippen molar-refractivity contribution in [2.24, 2.45) is 0 Å². The average Bonchev–Trinajstić information content (AvgIpc) is 2.86. The van der Waals surface area contributed by atoms with Crippen LogP contribution in [-0.2, 0) is 11.3 Å². The number of carboxylic acid groups (broad SMARTS) is 1. The summed E-state index contributed by atoms with van der Waals surface area (Å²) in [6.07, 6.45) is 4.05. The van der Waals surface area contributed by atoms with E-state index in [1.165, 1.54) is 11.6 Å². The molecule has 0 saturated carbocycles. The Morgan fingerprint density at radius 3 is 2.60 bits per heavy atom. The van der Waals surface area contributed by atoms with E-state index in [4.69, 9.17) is 5.11 Å². The number of aromatic nitrogens is 1. The number of aryl methyl sites for hydroxylation is 1. The zero-order chi connectivity index (χ0) is 17.8. The summed E-state index contributed by atoms with van der Waals surface area (Å²) in [7, 11) is 2.18. The molecule has 1 aliphatic rings. The van der Waals surface area contributed by atoms with Gasteiger partial charge in [0.1, 0.15) is 0 Å². The van der Waals surface area contributed by atoms with Crippen LogP contribution in [0.1, 0.15) is 17.7 Å². The quantitative estimate of drug-likeness (QED) is 0.821. The molecule has 5 heteroatoms. The van der Waals surface area contributed by atoms with E-state index in [2.05, 4.69) is 40.5 Å². The van der Waals surface area contributed by atoms with Gasteiger partial charge in [-0.25, -0.2) is 4.79 Å². The lowest BCUT2D eigenvalue weighted by Crippen LogP contribution is -2.44. The zero-order valence-corrected chi connectivity index (χ0v) is 15.1. The van der Waals surface area contributed by atoms with E-state index in [-0.39, 0.29) is 0 Å². The number of hydrogen-bond acceptors (Lipinski definition) is 3. The van der Waals surface area contributed by atoms with Gasteiger partial charge in [0.25, 0.3) is 0 Å². The molecule has 0 spiro atoms. The third-order valence-electron chi connectivity index (χ3n) is 5.12. The average molecular weight is 341 g/mol. The predicted octanol–water partition coefficient (Wildman–Crippen LogP) is 2.69. The number of carbonyl (C=O) groups is 1. The van der Waals surface area contributed by atoms with E-state index in [1.54, 1.807) is 6.08 Å². The third-order valence-corrected chi connectivity index (χ3v) is 5.12. The summed E-state index contributed by atoms with van der Waals surface area (Å²) in [5.74, 6) is -0.911. The first kappa shape index (κ1) is 17.7. The standard InChI is InChI=1S/C20H27N3O2/c1-16-17(8-9-20(24)25)18-6-3-4-7-19(18)23(16)11-5-10-22-14-12-21(2)13-15-22/h3-4,6-9H,5,10-15H2,1-2H3,(H,24,25). The summed E-state index contributed by atoms with van der Waals surface area (Å²) < 4.78 is 2.33. The first-order valence-corrected chi connectivity index (χ1v) is 8.96. The fourth-order valence-electron chi connectivity index (χ4n) is 3.63. The molecule has 1 fully saturated rings. The molecular formula is C20H27N3O2. The predicted molar refractivity (Wildman–Crippen MR) is 102 cm³/mol. The summed E-state index contributed by atoms with van der Waals surface area (Å²) in [5, 5.41) is 10.1. The first-order valence-electron chi connectivity index (χ1n) is 8.96. The Balaban J connectivity index is 1.74. The number of aliphatic carboxylic acids is 1. The van der Waals surface area contributed by atoms with Crippen molar-refractivity contribution in [3.63, 3.8) is 0 Å². The molecule has 134 valence electrons. The maximum absolute atomic E-state index is 10.9. The number of piperazine rings is 1. The number of carboxylic acids is 1. The van der Waals surface area contributed by atoms with Crippen LogP contribution in [0, 0.1) is 6.92 Å². The molecule has 2 heterocycles. The maximum Gasteiger partial charge on any atom is 0.328 e. The SMILES string of the molecule is Cc1c(C=CC(=O)O)c2ccccc2n1CCCN1CCN(C)CC1. The third kappa shape index (κ3) is 4.11. The summed E-state index contributed by atoms with van der Waals surface area (Å²) in [6, 6.07) is 8.25. The molecule has 0 radical (unpaired) electrons. The molecule has 0 unspecified atom stereocenters. The highest BCUT2D eigenvalue weighted by Crippen LogP contribution is 2.27. The zero-order valence-electron chi connectivity index (χ0n) is 15.1. The van der Waals surface area contributed by atoms with E-state index in [1.807, 2.05) is 12.1 Å². The van der Waals surface area contributed by atoms with Gasteiger partial charge in [-0.15, -0.1) is 0 Å². The largest absolute Gasteiger partial charge is 0.478 e. The summed E-state index contributed by atoms with van der Waals surface area (Å²) in [6.45, 7) is 8.74. The van der Waals surface area contributed by atoms with Crippen molar-refractivity contribution in [3.8, 4) is 0 Å². The molecule has 1 saturated heterocycles. The highest BCUT2D eigenvalue weighted by molar-refractivity contribution is 5.95. The van der Waals surface area contributed by atoms with Gasteiger partial charge in [-0.1, -0.05) is 18.2 Å². The van der Waals surface area contributed by atoms with Gasteiger partial charge >= 0.3 is 5.97 Å². The van der Waals surface area contributed by atoms with Crippen molar-refractivity contribution in [1.82, 2.24) is 14.4 Å². The highest BCUT2D eigenvalue weighted by atomic mass is 16.4. The number of para-hydroxylation sites is 1.